The van der Waals surface area contributed by atoms with Crippen molar-refractivity contribution < 1.29 is 9.90 Å². The molecule has 1 aromatic carbocycles. The molecule has 1 aliphatic rings. The van der Waals surface area contributed by atoms with E-state index in [9.17, 15) is 14.7 Å². The Kier molecular flexibility index (Phi) is 3.72. The fourth-order valence-electron chi connectivity index (χ4n) is 4.14. The average Bonchev–Trinajstić information content (AvgIpc) is 3.18. The number of nitrogens with one attached hydrogen (secondary N) is 1. The van der Waals surface area contributed by atoms with Gasteiger partial charge in [-0.05, 0) is 35.3 Å². The van der Waals surface area contributed by atoms with Crippen LogP contribution in [-0.4, -0.2) is 25.7 Å². The summed E-state index contributed by atoms with van der Waals surface area (Å²) in [5.41, 5.74) is 2.87. The van der Waals surface area contributed by atoms with E-state index in [0.29, 0.717) is 17.0 Å². The first-order valence-electron chi connectivity index (χ1n) is 8.81. The lowest BCUT2D eigenvalue weighted by molar-refractivity contribution is 0.0698. The van der Waals surface area contributed by atoms with E-state index in [1.807, 2.05) is 12.1 Å². The summed E-state index contributed by atoms with van der Waals surface area (Å²) in [7, 11) is 0. The Labute approximate surface area is 150 Å². The molecule has 4 rings (SSSR count). The zero-order valence-corrected chi connectivity index (χ0v) is 14.8. The Morgan fingerprint density at radius 3 is 2.65 bits per heavy atom. The fraction of sp³-hybridized carbons (Fsp3) is 0.350. The van der Waals surface area contributed by atoms with Crippen LogP contribution in [0.3, 0.4) is 0 Å². The van der Waals surface area contributed by atoms with Gasteiger partial charge in [-0.15, -0.1) is 0 Å². The van der Waals surface area contributed by atoms with Gasteiger partial charge < -0.3 is 10.1 Å². The molecule has 1 atom stereocenters. The minimum absolute atomic E-state index is 0.0201. The smallest absolute Gasteiger partial charge is 0.341 e. The molecule has 2 N–H and O–H groups in total. The van der Waals surface area contributed by atoms with Crippen molar-refractivity contribution in [1.29, 1.82) is 0 Å². The minimum Gasteiger partial charge on any atom is -0.477 e. The zero-order valence-electron chi connectivity index (χ0n) is 14.8. The first-order chi connectivity index (χ1) is 12.4. The average molecular weight is 351 g/mol. The highest BCUT2D eigenvalue weighted by Gasteiger charge is 2.35. The van der Waals surface area contributed by atoms with Crippen molar-refractivity contribution in [3.05, 3.63) is 58.0 Å². The molecule has 0 aliphatic heterocycles. The highest BCUT2D eigenvalue weighted by molar-refractivity contribution is 5.94. The Hall–Kier alpha value is -2.89. The second kappa shape index (κ2) is 5.83. The standard InChI is InChI=1S/C20H21N3O3/c1-20(2)9-3-4-15(20)12-5-7-13(8-6-12)16-10-17(24)23-18(22-16)14(11-21-23)19(25)26/h5-8,10-11,15,22H,3-4,9H2,1-2H3,(H,25,26). The number of aromatic nitrogens is 3. The van der Waals surface area contributed by atoms with Gasteiger partial charge in [0.2, 0.25) is 0 Å². The van der Waals surface area contributed by atoms with Crippen LogP contribution in [0.5, 0.6) is 0 Å². The van der Waals surface area contributed by atoms with Crippen LogP contribution in [0.4, 0.5) is 0 Å². The SMILES string of the molecule is CC1(C)CCCC1c1ccc(-c2cc(=O)n3ncc(C(=O)O)c3[nH]2)cc1. The summed E-state index contributed by atoms with van der Waals surface area (Å²) >= 11 is 0. The topological polar surface area (TPSA) is 87.5 Å². The summed E-state index contributed by atoms with van der Waals surface area (Å²) in [5, 5.41) is 13.1. The maximum atomic E-state index is 12.3. The molecule has 0 spiro atoms. The number of hydrogen-bond donors (Lipinski definition) is 2. The van der Waals surface area contributed by atoms with Gasteiger partial charge in [0.1, 0.15) is 5.56 Å². The molecule has 1 fully saturated rings. The van der Waals surface area contributed by atoms with Gasteiger partial charge >= 0.3 is 5.97 Å². The maximum Gasteiger partial charge on any atom is 0.341 e. The number of nitrogens with zero attached hydrogens (tertiary/aromatic N) is 2. The predicted octanol–water partition coefficient (Wildman–Crippen LogP) is 3.68. The van der Waals surface area contributed by atoms with Crippen LogP contribution in [-0.2, 0) is 0 Å². The number of fused-ring (bicyclic) bond motifs is 1. The molecular formula is C20H21N3O3. The highest BCUT2D eigenvalue weighted by Crippen LogP contribution is 2.48. The van der Waals surface area contributed by atoms with Crippen molar-refractivity contribution >= 4 is 11.6 Å². The number of benzene rings is 1. The molecule has 26 heavy (non-hydrogen) atoms. The Morgan fingerprint density at radius 2 is 2.04 bits per heavy atom. The van der Waals surface area contributed by atoms with Gasteiger partial charge in [0.15, 0.2) is 5.65 Å². The molecule has 3 aromatic rings. The van der Waals surface area contributed by atoms with Crippen molar-refractivity contribution in [2.24, 2.45) is 5.41 Å². The molecule has 0 saturated heterocycles. The normalized spacial score (nSPS) is 19.1. The van der Waals surface area contributed by atoms with Gasteiger partial charge in [0, 0.05) is 6.07 Å². The van der Waals surface area contributed by atoms with Gasteiger partial charge in [-0.2, -0.15) is 9.61 Å². The number of carboxylic acids is 1. The molecule has 0 radical (unpaired) electrons. The summed E-state index contributed by atoms with van der Waals surface area (Å²) in [6.45, 7) is 4.63. The van der Waals surface area contributed by atoms with Gasteiger partial charge in [-0.1, -0.05) is 44.5 Å². The van der Waals surface area contributed by atoms with E-state index in [-0.39, 0.29) is 16.8 Å². The Bertz CT molecular complexity index is 1040. The van der Waals surface area contributed by atoms with E-state index in [1.54, 1.807) is 0 Å². The summed E-state index contributed by atoms with van der Waals surface area (Å²) in [5.74, 6) is -0.571. The third-order valence-electron chi connectivity index (χ3n) is 5.61. The summed E-state index contributed by atoms with van der Waals surface area (Å²) in [6, 6.07) is 9.65. The molecule has 1 aliphatic carbocycles. The van der Waals surface area contributed by atoms with Crippen LogP contribution >= 0.6 is 0 Å². The second-order valence-corrected chi connectivity index (χ2v) is 7.70. The lowest BCUT2D eigenvalue weighted by atomic mass is 9.77. The number of hydrogen-bond acceptors (Lipinski definition) is 3. The van der Waals surface area contributed by atoms with Crippen LogP contribution in [0.1, 0.15) is 54.9 Å². The molecule has 6 heteroatoms. The number of H-pyrrole nitrogens is 1. The monoisotopic (exact) mass is 351 g/mol. The van der Waals surface area contributed by atoms with Gasteiger partial charge in [-0.25, -0.2) is 4.79 Å². The lowest BCUT2D eigenvalue weighted by Gasteiger charge is -2.27. The van der Waals surface area contributed by atoms with Gasteiger partial charge in [0.25, 0.3) is 5.56 Å². The van der Waals surface area contributed by atoms with Gasteiger partial charge in [-0.3, -0.25) is 4.79 Å². The number of aromatic carboxylic acids is 1. The Balaban J connectivity index is 1.75. The van der Waals surface area contributed by atoms with E-state index in [0.717, 1.165) is 10.1 Å². The molecule has 1 unspecified atom stereocenters. The van der Waals surface area contributed by atoms with E-state index >= 15 is 0 Å². The van der Waals surface area contributed by atoms with Crippen LogP contribution in [0, 0.1) is 5.41 Å². The number of rotatable bonds is 3. The molecule has 0 bridgehead atoms. The molecular weight excluding hydrogens is 330 g/mol. The first-order valence-corrected chi connectivity index (χ1v) is 8.81. The van der Waals surface area contributed by atoms with Crippen molar-refractivity contribution in [2.45, 2.75) is 39.0 Å². The lowest BCUT2D eigenvalue weighted by Crippen LogP contribution is -2.16. The largest absolute Gasteiger partial charge is 0.477 e. The molecule has 6 nitrogen and oxygen atoms in total. The third kappa shape index (κ3) is 2.62. The third-order valence-corrected chi connectivity index (χ3v) is 5.61. The number of carbonyl (C=O) groups is 1. The van der Waals surface area contributed by atoms with Crippen LogP contribution in [0.2, 0.25) is 0 Å². The van der Waals surface area contributed by atoms with E-state index in [1.165, 1.54) is 37.1 Å². The minimum atomic E-state index is -1.12. The van der Waals surface area contributed by atoms with Crippen molar-refractivity contribution in [1.82, 2.24) is 14.6 Å². The fourth-order valence-corrected chi connectivity index (χ4v) is 4.14. The zero-order chi connectivity index (χ0) is 18.5. The predicted molar refractivity (Wildman–Crippen MR) is 98.6 cm³/mol. The quantitative estimate of drug-likeness (QED) is 0.753. The first kappa shape index (κ1) is 16.6. The molecule has 2 heterocycles. The number of carboxylic acid groups (broad SMARTS) is 1. The molecule has 0 amide bonds. The molecule has 134 valence electrons. The van der Waals surface area contributed by atoms with Crippen LogP contribution in [0.25, 0.3) is 16.9 Å². The molecule has 2 aromatic heterocycles. The van der Waals surface area contributed by atoms with Crippen molar-refractivity contribution in [2.75, 3.05) is 0 Å². The van der Waals surface area contributed by atoms with Crippen LogP contribution < -0.4 is 5.56 Å². The summed E-state index contributed by atoms with van der Waals surface area (Å²) < 4.78 is 1.07. The maximum absolute atomic E-state index is 12.3. The van der Waals surface area contributed by atoms with Gasteiger partial charge in [0.05, 0.1) is 11.9 Å². The van der Waals surface area contributed by atoms with Crippen molar-refractivity contribution in [3.8, 4) is 11.3 Å². The van der Waals surface area contributed by atoms with E-state index < -0.39 is 5.97 Å². The van der Waals surface area contributed by atoms with Crippen molar-refractivity contribution in [3.63, 3.8) is 0 Å². The summed E-state index contributed by atoms with van der Waals surface area (Å²) in [6.07, 6.45) is 4.88. The van der Waals surface area contributed by atoms with E-state index in [2.05, 4.69) is 36.1 Å². The van der Waals surface area contributed by atoms with Crippen LogP contribution in [0.15, 0.2) is 41.3 Å². The van der Waals surface area contributed by atoms with E-state index in [4.69, 9.17) is 0 Å². The Morgan fingerprint density at radius 1 is 1.31 bits per heavy atom. The molecule has 1 saturated carbocycles. The summed E-state index contributed by atoms with van der Waals surface area (Å²) in [4.78, 5) is 26.6. The number of aromatic amines is 1. The highest BCUT2D eigenvalue weighted by atomic mass is 16.4. The second-order valence-electron chi connectivity index (χ2n) is 7.70.